The molecule has 3 aromatic carbocycles. The van der Waals surface area contributed by atoms with Crippen LogP contribution >= 0.6 is 0 Å². The van der Waals surface area contributed by atoms with E-state index >= 15 is 0 Å². The number of nitrogens with two attached hydrogens (primary N) is 1. The number of anilines is 3. The van der Waals surface area contributed by atoms with Crippen LogP contribution in [0.4, 0.5) is 17.1 Å². The maximum Gasteiger partial charge on any atom is 0.338 e. The molecular formula is C21H20N2O3. The second kappa shape index (κ2) is 8.07. The highest BCUT2D eigenvalue weighted by molar-refractivity contribution is 5.92. The number of esters is 1. The van der Waals surface area contributed by atoms with Crippen LogP contribution < -0.4 is 15.8 Å². The van der Waals surface area contributed by atoms with Gasteiger partial charge in [-0.05, 0) is 49.4 Å². The van der Waals surface area contributed by atoms with E-state index in [0.717, 1.165) is 11.4 Å². The number of carbonyl (C=O) groups excluding carboxylic acids is 1. The zero-order valence-corrected chi connectivity index (χ0v) is 14.4. The average Bonchev–Trinajstić information content (AvgIpc) is 2.66. The summed E-state index contributed by atoms with van der Waals surface area (Å²) in [6.45, 7) is 2.09. The van der Waals surface area contributed by atoms with Crippen molar-refractivity contribution in [3.05, 3.63) is 78.4 Å². The molecular weight excluding hydrogens is 328 g/mol. The van der Waals surface area contributed by atoms with Crippen molar-refractivity contribution in [1.29, 1.82) is 0 Å². The van der Waals surface area contributed by atoms with Crippen LogP contribution in [0.15, 0.2) is 72.8 Å². The van der Waals surface area contributed by atoms with Crippen LogP contribution in [0.2, 0.25) is 0 Å². The number of hydrogen-bond donors (Lipinski definition) is 2. The van der Waals surface area contributed by atoms with Crippen molar-refractivity contribution in [1.82, 2.24) is 0 Å². The van der Waals surface area contributed by atoms with E-state index in [1.54, 1.807) is 25.1 Å². The van der Waals surface area contributed by atoms with Crippen molar-refractivity contribution in [3.63, 3.8) is 0 Å². The first-order chi connectivity index (χ1) is 12.7. The fourth-order valence-corrected chi connectivity index (χ4v) is 2.44. The number of benzene rings is 3. The summed E-state index contributed by atoms with van der Waals surface area (Å²) < 4.78 is 10.9. The minimum atomic E-state index is -0.390. The summed E-state index contributed by atoms with van der Waals surface area (Å²) in [7, 11) is 0. The van der Waals surface area contributed by atoms with Gasteiger partial charge in [0, 0.05) is 0 Å². The number of ether oxygens (including phenoxy) is 2. The highest BCUT2D eigenvalue weighted by Gasteiger charge is 2.11. The Morgan fingerprint density at radius 1 is 0.962 bits per heavy atom. The zero-order chi connectivity index (χ0) is 18.4. The molecule has 0 radical (unpaired) electrons. The van der Waals surface area contributed by atoms with E-state index < -0.39 is 5.97 Å². The molecule has 3 aromatic rings. The van der Waals surface area contributed by atoms with Crippen molar-refractivity contribution in [2.24, 2.45) is 0 Å². The minimum Gasteiger partial charge on any atom is -0.462 e. The van der Waals surface area contributed by atoms with E-state index in [-0.39, 0.29) is 0 Å². The quantitative estimate of drug-likeness (QED) is 0.485. The van der Waals surface area contributed by atoms with Crippen molar-refractivity contribution < 1.29 is 14.3 Å². The number of nitrogen functional groups attached to an aromatic ring is 1. The van der Waals surface area contributed by atoms with Crippen molar-refractivity contribution in [3.8, 4) is 11.5 Å². The maximum atomic E-state index is 11.8. The first kappa shape index (κ1) is 17.4. The molecule has 132 valence electrons. The molecule has 3 N–H and O–H groups in total. The number of hydrogen-bond acceptors (Lipinski definition) is 5. The molecule has 0 spiro atoms. The van der Waals surface area contributed by atoms with Crippen LogP contribution in [0, 0.1) is 0 Å². The van der Waals surface area contributed by atoms with Crippen LogP contribution in [0.5, 0.6) is 11.5 Å². The van der Waals surface area contributed by atoms with E-state index in [9.17, 15) is 4.79 Å². The third-order valence-electron chi connectivity index (χ3n) is 3.69. The molecule has 0 saturated carbocycles. The van der Waals surface area contributed by atoms with Gasteiger partial charge in [0.2, 0.25) is 0 Å². The van der Waals surface area contributed by atoms with Gasteiger partial charge in [-0.3, -0.25) is 0 Å². The lowest BCUT2D eigenvalue weighted by Crippen LogP contribution is -2.06. The van der Waals surface area contributed by atoms with Gasteiger partial charge in [-0.25, -0.2) is 4.79 Å². The molecule has 0 aromatic heterocycles. The fourth-order valence-electron chi connectivity index (χ4n) is 2.44. The summed E-state index contributed by atoms with van der Waals surface area (Å²) in [5.74, 6) is 1.03. The molecule has 0 amide bonds. The fraction of sp³-hybridized carbons (Fsp3) is 0.0952. The van der Waals surface area contributed by atoms with E-state index in [4.69, 9.17) is 15.2 Å². The van der Waals surface area contributed by atoms with Gasteiger partial charge in [-0.1, -0.05) is 30.3 Å². The molecule has 0 heterocycles. The molecule has 0 atom stereocenters. The van der Waals surface area contributed by atoms with E-state index in [1.807, 2.05) is 54.6 Å². The normalized spacial score (nSPS) is 10.2. The van der Waals surface area contributed by atoms with E-state index in [1.165, 1.54) is 0 Å². The molecule has 0 unspecified atom stereocenters. The topological polar surface area (TPSA) is 73.6 Å². The van der Waals surface area contributed by atoms with Gasteiger partial charge >= 0.3 is 5.97 Å². The highest BCUT2D eigenvalue weighted by atomic mass is 16.5. The van der Waals surface area contributed by atoms with Gasteiger partial charge in [-0.2, -0.15) is 0 Å². The van der Waals surface area contributed by atoms with Gasteiger partial charge in [0.1, 0.15) is 5.75 Å². The summed E-state index contributed by atoms with van der Waals surface area (Å²) in [6, 6.07) is 22.1. The molecule has 0 aliphatic carbocycles. The van der Waals surface area contributed by atoms with Crippen LogP contribution in [0.25, 0.3) is 0 Å². The Morgan fingerprint density at radius 2 is 1.69 bits per heavy atom. The van der Waals surface area contributed by atoms with Crippen LogP contribution in [-0.4, -0.2) is 12.6 Å². The molecule has 3 rings (SSSR count). The number of para-hydroxylation sites is 3. The molecule has 5 heteroatoms. The van der Waals surface area contributed by atoms with Gasteiger partial charge in [0.15, 0.2) is 5.75 Å². The first-order valence-electron chi connectivity index (χ1n) is 8.33. The minimum absolute atomic E-state index is 0.322. The molecule has 5 nitrogen and oxygen atoms in total. The number of rotatable bonds is 6. The standard InChI is InChI=1S/C21H20N2O3/c1-2-25-21(24)15-12-13-18(17(22)14-15)23-19-10-6-7-11-20(19)26-16-8-4-3-5-9-16/h3-14,23H,2,22H2,1H3. The summed E-state index contributed by atoms with van der Waals surface area (Å²) in [4.78, 5) is 11.8. The van der Waals surface area contributed by atoms with Gasteiger partial charge < -0.3 is 20.5 Å². The number of carbonyl (C=O) groups is 1. The Morgan fingerprint density at radius 3 is 2.42 bits per heavy atom. The summed E-state index contributed by atoms with van der Waals surface area (Å²) in [5.41, 5.74) is 8.42. The Balaban J connectivity index is 1.82. The summed E-state index contributed by atoms with van der Waals surface area (Å²) in [5, 5.41) is 3.26. The smallest absolute Gasteiger partial charge is 0.338 e. The molecule has 0 fully saturated rings. The summed E-state index contributed by atoms with van der Waals surface area (Å²) in [6.07, 6.45) is 0. The second-order valence-electron chi connectivity index (χ2n) is 5.56. The van der Waals surface area contributed by atoms with Crippen molar-refractivity contribution in [2.75, 3.05) is 17.7 Å². The third kappa shape index (κ3) is 4.13. The Hall–Kier alpha value is -3.47. The van der Waals surface area contributed by atoms with Gasteiger partial charge in [0.05, 0.1) is 29.2 Å². The third-order valence-corrected chi connectivity index (χ3v) is 3.69. The van der Waals surface area contributed by atoms with E-state index in [0.29, 0.717) is 29.3 Å². The molecule has 0 aliphatic heterocycles. The van der Waals surface area contributed by atoms with Crippen LogP contribution in [0.1, 0.15) is 17.3 Å². The molecule has 0 saturated heterocycles. The SMILES string of the molecule is CCOC(=O)c1ccc(Nc2ccccc2Oc2ccccc2)c(N)c1. The monoisotopic (exact) mass is 348 g/mol. The molecule has 0 bridgehead atoms. The van der Waals surface area contributed by atoms with Crippen molar-refractivity contribution in [2.45, 2.75) is 6.92 Å². The lowest BCUT2D eigenvalue weighted by Gasteiger charge is -2.15. The predicted molar refractivity (Wildman–Crippen MR) is 103 cm³/mol. The van der Waals surface area contributed by atoms with Gasteiger partial charge in [0.25, 0.3) is 0 Å². The highest BCUT2D eigenvalue weighted by Crippen LogP contribution is 2.33. The van der Waals surface area contributed by atoms with Crippen LogP contribution in [-0.2, 0) is 4.74 Å². The Kier molecular flexibility index (Phi) is 5.39. The first-order valence-corrected chi connectivity index (χ1v) is 8.33. The lowest BCUT2D eigenvalue weighted by atomic mass is 10.1. The Bertz CT molecular complexity index is 895. The lowest BCUT2D eigenvalue weighted by molar-refractivity contribution is 0.0526. The average molecular weight is 348 g/mol. The van der Waals surface area contributed by atoms with Crippen LogP contribution in [0.3, 0.4) is 0 Å². The number of nitrogens with one attached hydrogen (secondary N) is 1. The largest absolute Gasteiger partial charge is 0.462 e. The molecule has 26 heavy (non-hydrogen) atoms. The zero-order valence-electron chi connectivity index (χ0n) is 14.4. The van der Waals surface area contributed by atoms with Crippen molar-refractivity contribution >= 4 is 23.0 Å². The Labute approximate surface area is 152 Å². The maximum absolute atomic E-state index is 11.8. The van der Waals surface area contributed by atoms with E-state index in [2.05, 4.69) is 5.32 Å². The summed E-state index contributed by atoms with van der Waals surface area (Å²) >= 11 is 0. The second-order valence-corrected chi connectivity index (χ2v) is 5.56. The predicted octanol–water partition coefficient (Wildman–Crippen LogP) is 4.98. The molecule has 0 aliphatic rings. The van der Waals surface area contributed by atoms with Gasteiger partial charge in [-0.15, -0.1) is 0 Å².